The molecule has 0 aromatic carbocycles. The van der Waals surface area contributed by atoms with Crippen LogP contribution in [0.1, 0.15) is 116 Å². The summed E-state index contributed by atoms with van der Waals surface area (Å²) in [6, 6.07) is 0.0532. The van der Waals surface area contributed by atoms with E-state index in [2.05, 4.69) is 26.3 Å². The lowest BCUT2D eigenvalue weighted by molar-refractivity contribution is -0.890. The number of unbranched alkanes of at least 4 members (excludes halogenated alkanes) is 15. The van der Waals surface area contributed by atoms with Gasteiger partial charge >= 0.3 is 8.80 Å². The summed E-state index contributed by atoms with van der Waals surface area (Å²) >= 11 is 0. The topological polar surface area (TPSA) is 180 Å². The molecule has 260 valence electrons. The number of aliphatic hydroxyl groups excluding tert-OH is 3. The van der Waals surface area contributed by atoms with Gasteiger partial charge < -0.3 is 43.7 Å². The molecule has 0 saturated heterocycles. The second-order valence-electron chi connectivity index (χ2n) is 13.2. The average Bonchev–Trinajstić information content (AvgIpc) is 2.92. The molecule has 0 saturated carbocycles. The Morgan fingerprint density at radius 2 is 1.21 bits per heavy atom. The second kappa shape index (κ2) is 24.0. The summed E-state index contributed by atoms with van der Waals surface area (Å²) in [5, 5.41) is 31.7. The highest BCUT2D eigenvalue weighted by atomic mass is 32.2. The van der Waals surface area contributed by atoms with Gasteiger partial charge in [-0.3, -0.25) is 0 Å². The van der Waals surface area contributed by atoms with Crippen LogP contribution in [0.15, 0.2) is 0 Å². The Morgan fingerprint density at radius 1 is 0.791 bits per heavy atom. The summed E-state index contributed by atoms with van der Waals surface area (Å²) in [5.74, 6) is -1.03. The summed E-state index contributed by atoms with van der Waals surface area (Å²) in [6.07, 6.45) is 20.4. The third-order valence-corrected chi connectivity index (χ3v) is 10.6. The number of nitrogens with zero attached hydrogens (tertiary/aromatic N) is 1. The maximum Gasteiger partial charge on any atom is 0.495 e. The molecular weight excluding hydrogens is 592 g/mol. The first-order valence-corrected chi connectivity index (χ1v) is 20.3. The molecule has 0 bridgehead atoms. The molecule has 0 amide bonds. The molecule has 6 N–H and O–H groups in total. The Bertz CT molecular complexity index is 769. The van der Waals surface area contributed by atoms with Crippen molar-refractivity contribution in [1.29, 1.82) is 0 Å². The fraction of sp³-hybridized carbons (Fsp3) is 1.00. The molecule has 0 aliphatic carbocycles. The van der Waals surface area contributed by atoms with Crippen LogP contribution in [0.4, 0.5) is 0 Å². The van der Waals surface area contributed by atoms with Crippen molar-refractivity contribution in [3.63, 3.8) is 0 Å². The first kappa shape index (κ1) is 42.8. The van der Waals surface area contributed by atoms with E-state index >= 15 is 0 Å². The fourth-order valence-corrected chi connectivity index (χ4v) is 7.06. The van der Waals surface area contributed by atoms with Gasteiger partial charge in [-0.15, -0.1) is 0 Å². The zero-order valence-electron chi connectivity index (χ0n) is 27.5. The highest BCUT2D eigenvalue weighted by molar-refractivity contribution is 7.85. The van der Waals surface area contributed by atoms with Gasteiger partial charge in [-0.2, -0.15) is 0 Å². The van der Waals surface area contributed by atoms with Gasteiger partial charge in [0, 0.05) is 19.0 Å². The van der Waals surface area contributed by atoms with Gasteiger partial charge in [0.2, 0.25) is 0 Å². The number of rotatable bonds is 31. The van der Waals surface area contributed by atoms with Crippen LogP contribution in [-0.2, 0) is 14.5 Å². The van der Waals surface area contributed by atoms with E-state index in [4.69, 9.17) is 4.43 Å². The fourth-order valence-electron chi connectivity index (χ4n) is 5.20. The lowest BCUT2D eigenvalue weighted by Crippen LogP contribution is -2.59. The number of aliphatic hydroxyl groups is 3. The minimum Gasteiger partial charge on any atom is -0.748 e. The summed E-state index contributed by atoms with van der Waals surface area (Å²) < 4.78 is 38.5. The van der Waals surface area contributed by atoms with Crippen molar-refractivity contribution in [2.45, 2.75) is 134 Å². The van der Waals surface area contributed by atoms with Crippen LogP contribution >= 0.6 is 0 Å². The van der Waals surface area contributed by atoms with E-state index in [1.807, 2.05) is 0 Å². The number of hydrogen-bond acceptors (Lipinski definition) is 10. The average molecular weight is 659 g/mol. The monoisotopic (exact) mass is 658 g/mol. The van der Waals surface area contributed by atoms with Crippen LogP contribution in [0.3, 0.4) is 0 Å². The number of hydrogen-bond donors (Lipinski definition) is 6. The van der Waals surface area contributed by atoms with Gasteiger partial charge in [-0.05, 0) is 12.8 Å². The predicted molar refractivity (Wildman–Crippen MR) is 172 cm³/mol. The molecule has 0 rings (SSSR count). The van der Waals surface area contributed by atoms with Crippen molar-refractivity contribution in [3.05, 3.63) is 0 Å². The van der Waals surface area contributed by atoms with Crippen LogP contribution in [0.5, 0.6) is 0 Å². The Hall–Kier alpha value is -0.193. The molecule has 0 spiro atoms. The molecule has 13 heteroatoms. The van der Waals surface area contributed by atoms with E-state index in [1.165, 1.54) is 96.3 Å². The summed E-state index contributed by atoms with van der Waals surface area (Å²) in [6.45, 7) is 1.79. The zero-order valence-corrected chi connectivity index (χ0v) is 29.3. The van der Waals surface area contributed by atoms with Crippen LogP contribution in [-0.4, -0.2) is 122 Å². The first-order valence-electron chi connectivity index (χ1n) is 16.7. The van der Waals surface area contributed by atoms with Gasteiger partial charge in [0.05, 0.1) is 74.5 Å². The molecule has 0 aliphatic heterocycles. The predicted octanol–water partition coefficient (Wildman–Crippen LogP) is 2.87. The maximum atomic E-state index is 10.8. The van der Waals surface area contributed by atoms with E-state index in [0.717, 1.165) is 24.0 Å². The van der Waals surface area contributed by atoms with Crippen LogP contribution in [0.25, 0.3) is 0 Å². The number of nitrogens with one attached hydrogen (secondary N) is 1. The number of β-amino-alcohol motifs (C(OH)–C–C–N with tert-alkyl or cyclic N) is 1. The molecule has 1 atom stereocenters. The van der Waals surface area contributed by atoms with Gasteiger partial charge in [-0.1, -0.05) is 96.8 Å². The lowest BCUT2D eigenvalue weighted by Gasteiger charge is -2.34. The molecule has 43 heavy (non-hydrogen) atoms. The molecule has 0 fully saturated rings. The molecular formula is C30H66N2O9SSi. The quantitative estimate of drug-likeness (QED) is 0.0281. The van der Waals surface area contributed by atoms with Gasteiger partial charge in [0.15, 0.2) is 0 Å². The van der Waals surface area contributed by atoms with Crippen molar-refractivity contribution in [2.24, 2.45) is 0 Å². The Kier molecular flexibility index (Phi) is 23.9. The third kappa shape index (κ3) is 25.7. The van der Waals surface area contributed by atoms with Crippen molar-refractivity contribution >= 4 is 18.9 Å². The highest BCUT2D eigenvalue weighted by Crippen LogP contribution is 2.16. The lowest BCUT2D eigenvalue weighted by atomic mass is 10.0. The van der Waals surface area contributed by atoms with Crippen molar-refractivity contribution in [1.82, 2.24) is 5.32 Å². The van der Waals surface area contributed by atoms with Crippen LogP contribution in [0.2, 0.25) is 6.04 Å². The van der Waals surface area contributed by atoms with Gasteiger partial charge in [0.1, 0.15) is 0 Å². The largest absolute Gasteiger partial charge is 0.748 e. The van der Waals surface area contributed by atoms with Gasteiger partial charge in [0.25, 0.3) is 0 Å². The maximum absolute atomic E-state index is 10.8. The van der Waals surface area contributed by atoms with Crippen LogP contribution in [0, 0.1) is 0 Å². The summed E-state index contributed by atoms with van der Waals surface area (Å²) in [7, 11) is -4.49. The SMILES string of the molecule is CCCCCCCCCCCCCCCCCC[N+](C)(C)CCC[Si](O)(O)OCC(CO)(CO)NCC(O)CS(=O)(=O)[O-]. The number of quaternary nitrogens is 1. The molecule has 0 aliphatic rings. The van der Waals surface area contributed by atoms with E-state index in [9.17, 15) is 37.9 Å². The molecule has 0 heterocycles. The first-order chi connectivity index (χ1) is 20.2. The Balaban J connectivity index is 4.03. The van der Waals surface area contributed by atoms with E-state index in [0.29, 0.717) is 6.42 Å². The molecule has 0 aromatic rings. The molecule has 0 aromatic heterocycles. The van der Waals surface area contributed by atoms with E-state index < -0.39 is 62.7 Å². The minimum absolute atomic E-state index is 0.0532. The highest BCUT2D eigenvalue weighted by Gasteiger charge is 2.38. The molecule has 1 unspecified atom stereocenters. The van der Waals surface area contributed by atoms with E-state index in [-0.39, 0.29) is 6.04 Å². The third-order valence-electron chi connectivity index (χ3n) is 8.18. The van der Waals surface area contributed by atoms with Crippen molar-refractivity contribution in [3.8, 4) is 0 Å². The summed E-state index contributed by atoms with van der Waals surface area (Å²) in [4.78, 5) is 20.8. The smallest absolute Gasteiger partial charge is 0.495 e. The molecule has 0 radical (unpaired) electrons. The standard InChI is InChI=1S/C30H66N2O9SSi/c1-4-5-6-7-8-9-10-11-12-13-14-15-16-17-18-19-21-32(2,3)22-20-23-43(39,40)41-28-30(26-33,27-34)31-24-29(35)25-42(36,37)38/h29,31,33-35,39-40H,4-28H2,1-3H3. The minimum atomic E-state index is -4.65. The second-order valence-corrected chi connectivity index (χ2v) is 16.9. The van der Waals surface area contributed by atoms with Gasteiger partial charge in [-0.25, -0.2) is 8.42 Å². The Labute approximate surface area is 263 Å². The van der Waals surface area contributed by atoms with Crippen molar-refractivity contribution < 1.29 is 46.8 Å². The van der Waals surface area contributed by atoms with Crippen LogP contribution < -0.4 is 5.32 Å². The van der Waals surface area contributed by atoms with Crippen molar-refractivity contribution in [2.75, 3.05) is 59.3 Å². The normalized spacial score (nSPS) is 14.0. The van der Waals surface area contributed by atoms with E-state index in [1.54, 1.807) is 0 Å². The Morgan fingerprint density at radius 3 is 1.63 bits per heavy atom. The summed E-state index contributed by atoms with van der Waals surface area (Å²) in [5.41, 5.74) is -1.54. The zero-order chi connectivity index (χ0) is 32.7. The molecule has 11 nitrogen and oxygen atoms in total.